The molecule has 0 N–H and O–H groups in total. The van der Waals surface area contributed by atoms with E-state index in [4.69, 9.17) is 16.3 Å². The molecule has 0 bridgehead atoms. The Hall–Kier alpha value is -1.68. The normalized spacial score (nSPS) is 11.6. The Morgan fingerprint density at radius 2 is 1.89 bits per heavy atom. The Morgan fingerprint density at radius 3 is 2.48 bits per heavy atom. The SMILES string of the molecule is CCN(CC)S(=O)(=O)c1ccc(=O)n(CC(=O)Oc2ccc(Cl)cc2Br)c1. The molecular formula is C17H18BrClN2O5S. The predicted molar refractivity (Wildman–Crippen MR) is 106 cm³/mol. The maximum absolute atomic E-state index is 12.6. The van der Waals surface area contributed by atoms with Gasteiger partial charge in [-0.05, 0) is 40.2 Å². The zero-order valence-electron chi connectivity index (χ0n) is 14.7. The third-order valence-electron chi connectivity index (χ3n) is 3.72. The summed E-state index contributed by atoms with van der Waals surface area (Å²) in [6, 6.07) is 6.97. The Labute approximate surface area is 170 Å². The fourth-order valence-corrected chi connectivity index (χ4v) is 4.59. The molecule has 0 aliphatic rings. The molecule has 0 fully saturated rings. The average Bonchev–Trinajstić information content (AvgIpc) is 2.60. The summed E-state index contributed by atoms with van der Waals surface area (Å²) in [6.45, 7) is 3.60. The van der Waals surface area contributed by atoms with Crippen molar-refractivity contribution in [3.05, 3.63) is 56.4 Å². The maximum atomic E-state index is 12.6. The highest BCUT2D eigenvalue weighted by Crippen LogP contribution is 2.28. The van der Waals surface area contributed by atoms with E-state index in [1.165, 1.54) is 16.4 Å². The van der Waals surface area contributed by atoms with E-state index in [0.29, 0.717) is 22.6 Å². The van der Waals surface area contributed by atoms with Crippen LogP contribution in [0.5, 0.6) is 5.75 Å². The van der Waals surface area contributed by atoms with Crippen LogP contribution in [0.2, 0.25) is 5.02 Å². The molecule has 1 heterocycles. The number of aromatic nitrogens is 1. The van der Waals surface area contributed by atoms with Crippen LogP contribution in [0.4, 0.5) is 0 Å². The largest absolute Gasteiger partial charge is 0.424 e. The standard InChI is InChI=1S/C17H18BrClN2O5S/c1-3-21(4-2)27(24,25)13-6-8-16(22)20(10-13)11-17(23)26-15-7-5-12(19)9-14(15)18/h5-10H,3-4,11H2,1-2H3. The van der Waals surface area contributed by atoms with Gasteiger partial charge in [0.2, 0.25) is 10.0 Å². The van der Waals surface area contributed by atoms with Crippen molar-refractivity contribution >= 4 is 43.5 Å². The molecular weight excluding hydrogens is 460 g/mol. The van der Waals surface area contributed by atoms with Crippen LogP contribution in [0, 0.1) is 0 Å². The molecule has 2 aromatic rings. The first-order valence-corrected chi connectivity index (χ1v) is 10.7. The average molecular weight is 478 g/mol. The van der Waals surface area contributed by atoms with Crippen molar-refractivity contribution in [3.63, 3.8) is 0 Å². The second-order valence-electron chi connectivity index (χ2n) is 5.47. The van der Waals surface area contributed by atoms with Crippen molar-refractivity contribution in [2.45, 2.75) is 25.3 Å². The summed E-state index contributed by atoms with van der Waals surface area (Å²) >= 11 is 9.07. The number of hydrogen-bond donors (Lipinski definition) is 0. The van der Waals surface area contributed by atoms with Gasteiger partial charge in [0.15, 0.2) is 0 Å². The quantitative estimate of drug-likeness (QED) is 0.452. The molecule has 0 aliphatic carbocycles. The number of sulfonamides is 1. The summed E-state index contributed by atoms with van der Waals surface area (Å²) in [5.41, 5.74) is -0.513. The molecule has 10 heteroatoms. The molecule has 146 valence electrons. The van der Waals surface area contributed by atoms with Crippen LogP contribution < -0.4 is 10.3 Å². The topological polar surface area (TPSA) is 85.7 Å². The Morgan fingerprint density at radius 1 is 1.22 bits per heavy atom. The zero-order chi connectivity index (χ0) is 20.2. The minimum absolute atomic E-state index is 0.0636. The molecule has 1 aromatic heterocycles. The third-order valence-corrected chi connectivity index (χ3v) is 6.60. The summed E-state index contributed by atoms with van der Waals surface area (Å²) in [5.74, 6) is -0.484. The van der Waals surface area contributed by atoms with Crippen LogP contribution >= 0.6 is 27.5 Å². The summed E-state index contributed by atoms with van der Waals surface area (Å²) in [7, 11) is -3.75. The first kappa shape index (κ1) is 21.6. The third kappa shape index (κ3) is 5.19. The van der Waals surface area contributed by atoms with Gasteiger partial charge in [-0.15, -0.1) is 0 Å². The smallest absolute Gasteiger partial charge is 0.331 e. The number of carbonyl (C=O) groups excluding carboxylic acids is 1. The fraction of sp³-hybridized carbons (Fsp3) is 0.294. The molecule has 0 aliphatic heterocycles. The molecule has 27 heavy (non-hydrogen) atoms. The lowest BCUT2D eigenvalue weighted by Gasteiger charge is -2.19. The van der Waals surface area contributed by atoms with Crippen LogP contribution in [-0.2, 0) is 21.4 Å². The van der Waals surface area contributed by atoms with Crippen LogP contribution in [0.1, 0.15) is 13.8 Å². The number of carbonyl (C=O) groups is 1. The van der Waals surface area contributed by atoms with Gasteiger partial charge >= 0.3 is 5.97 Å². The Balaban J connectivity index is 2.26. The lowest BCUT2D eigenvalue weighted by Crippen LogP contribution is -2.32. The molecule has 0 atom stereocenters. The van der Waals surface area contributed by atoms with Crippen molar-refractivity contribution < 1.29 is 17.9 Å². The number of rotatable bonds is 7. The monoisotopic (exact) mass is 476 g/mol. The van der Waals surface area contributed by atoms with Crippen LogP contribution in [-0.4, -0.2) is 36.3 Å². The lowest BCUT2D eigenvalue weighted by molar-refractivity contribution is -0.135. The molecule has 0 saturated carbocycles. The van der Waals surface area contributed by atoms with Crippen molar-refractivity contribution in [2.24, 2.45) is 0 Å². The second kappa shape index (κ2) is 9.01. The molecule has 2 rings (SSSR count). The molecule has 1 aromatic carbocycles. The van der Waals surface area contributed by atoms with Crippen molar-refractivity contribution in [1.82, 2.24) is 8.87 Å². The van der Waals surface area contributed by atoms with Gasteiger partial charge in [-0.25, -0.2) is 13.2 Å². The van der Waals surface area contributed by atoms with Crippen molar-refractivity contribution in [1.29, 1.82) is 0 Å². The first-order chi connectivity index (χ1) is 12.7. The highest BCUT2D eigenvalue weighted by Gasteiger charge is 2.22. The van der Waals surface area contributed by atoms with E-state index in [2.05, 4.69) is 15.9 Å². The van der Waals surface area contributed by atoms with Crippen molar-refractivity contribution in [3.8, 4) is 5.75 Å². The van der Waals surface area contributed by atoms with E-state index < -0.39 is 28.1 Å². The van der Waals surface area contributed by atoms with E-state index in [1.54, 1.807) is 26.0 Å². The molecule has 0 radical (unpaired) electrons. The lowest BCUT2D eigenvalue weighted by atomic mass is 10.3. The van der Waals surface area contributed by atoms with Crippen molar-refractivity contribution in [2.75, 3.05) is 13.1 Å². The van der Waals surface area contributed by atoms with Gasteiger partial charge in [0, 0.05) is 30.4 Å². The van der Waals surface area contributed by atoms with Crippen LogP contribution in [0.25, 0.3) is 0 Å². The number of pyridine rings is 1. The highest BCUT2D eigenvalue weighted by atomic mass is 79.9. The number of benzene rings is 1. The summed E-state index contributed by atoms with van der Waals surface area (Å²) in [6.07, 6.45) is 1.15. The van der Waals surface area contributed by atoms with E-state index in [1.807, 2.05) is 0 Å². The van der Waals surface area contributed by atoms with Gasteiger partial charge in [-0.2, -0.15) is 4.31 Å². The molecule has 0 saturated heterocycles. The highest BCUT2D eigenvalue weighted by molar-refractivity contribution is 9.10. The predicted octanol–water partition coefficient (Wildman–Crippen LogP) is 2.90. The number of esters is 1. The zero-order valence-corrected chi connectivity index (χ0v) is 17.8. The summed E-state index contributed by atoms with van der Waals surface area (Å²) in [5, 5.41) is 0.465. The van der Waals surface area contributed by atoms with E-state index >= 15 is 0 Å². The van der Waals surface area contributed by atoms with Gasteiger partial charge in [-0.1, -0.05) is 25.4 Å². The summed E-state index contributed by atoms with van der Waals surface area (Å²) < 4.78 is 33.1. The van der Waals surface area contributed by atoms with Crippen LogP contribution in [0.15, 0.2) is 50.7 Å². The van der Waals surface area contributed by atoms with E-state index in [0.717, 1.165) is 16.8 Å². The van der Waals surface area contributed by atoms with Crippen LogP contribution in [0.3, 0.4) is 0 Å². The first-order valence-electron chi connectivity index (χ1n) is 8.05. The van der Waals surface area contributed by atoms with E-state index in [-0.39, 0.29) is 10.6 Å². The van der Waals surface area contributed by atoms with Gasteiger partial charge in [-0.3, -0.25) is 4.79 Å². The Bertz CT molecular complexity index is 1000. The van der Waals surface area contributed by atoms with Gasteiger partial charge in [0.05, 0.1) is 9.37 Å². The minimum Gasteiger partial charge on any atom is -0.424 e. The second-order valence-corrected chi connectivity index (χ2v) is 8.70. The van der Waals surface area contributed by atoms with Gasteiger partial charge in [0.25, 0.3) is 5.56 Å². The molecule has 0 spiro atoms. The summed E-state index contributed by atoms with van der Waals surface area (Å²) in [4.78, 5) is 24.1. The maximum Gasteiger partial charge on any atom is 0.331 e. The molecule has 0 unspecified atom stereocenters. The molecule has 0 amide bonds. The fourth-order valence-electron chi connectivity index (χ4n) is 2.35. The molecule has 7 nitrogen and oxygen atoms in total. The van der Waals surface area contributed by atoms with Gasteiger partial charge in [0.1, 0.15) is 12.3 Å². The number of hydrogen-bond acceptors (Lipinski definition) is 5. The van der Waals surface area contributed by atoms with E-state index in [9.17, 15) is 18.0 Å². The Kier molecular flexibility index (Phi) is 7.21. The van der Waals surface area contributed by atoms with Gasteiger partial charge < -0.3 is 9.30 Å². The number of halogens is 2. The minimum atomic E-state index is -3.75. The number of nitrogens with zero attached hydrogens (tertiary/aromatic N) is 2. The number of ether oxygens (including phenoxy) is 1.